The highest BCUT2D eigenvalue weighted by Crippen LogP contribution is 2.22. The zero-order chi connectivity index (χ0) is 14.3. The smallest absolute Gasteiger partial charge is 0.252 e. The molecule has 1 atom stereocenters. The van der Waals surface area contributed by atoms with Crippen LogP contribution in [0.1, 0.15) is 56.3 Å². The van der Waals surface area contributed by atoms with E-state index in [-0.39, 0.29) is 11.9 Å². The van der Waals surface area contributed by atoms with E-state index in [0.717, 1.165) is 41.0 Å². The van der Waals surface area contributed by atoms with Gasteiger partial charge in [0.1, 0.15) is 0 Å². The molecule has 0 heterocycles. The van der Waals surface area contributed by atoms with E-state index in [0.29, 0.717) is 5.56 Å². The Bertz CT molecular complexity index is 421. The monoisotopic (exact) mass is 389 g/mol. The van der Waals surface area contributed by atoms with Gasteiger partial charge in [0.05, 0.1) is 5.56 Å². The molecule has 0 aliphatic heterocycles. The van der Waals surface area contributed by atoms with Crippen LogP contribution in [0, 0.1) is 0 Å². The highest BCUT2D eigenvalue weighted by molar-refractivity contribution is 9.11. The fourth-order valence-corrected chi connectivity index (χ4v) is 3.25. The number of hydrogen-bond acceptors (Lipinski definition) is 1. The zero-order valence-electron chi connectivity index (χ0n) is 11.5. The van der Waals surface area contributed by atoms with Gasteiger partial charge in [0, 0.05) is 15.0 Å². The van der Waals surface area contributed by atoms with Gasteiger partial charge in [-0.05, 0) is 47.0 Å². The highest BCUT2D eigenvalue weighted by Gasteiger charge is 2.15. The fraction of sp³-hybridized carbons (Fsp3) is 0.533. The normalized spacial score (nSPS) is 12.2. The third kappa shape index (κ3) is 5.65. The molecule has 0 saturated heterocycles. The lowest BCUT2D eigenvalue weighted by atomic mass is 10.0. The van der Waals surface area contributed by atoms with Crippen LogP contribution in [0.15, 0.2) is 27.1 Å². The Hall–Kier alpha value is -0.350. The first-order valence-corrected chi connectivity index (χ1v) is 8.43. The van der Waals surface area contributed by atoms with E-state index in [1.165, 1.54) is 0 Å². The zero-order valence-corrected chi connectivity index (χ0v) is 14.7. The first kappa shape index (κ1) is 16.7. The van der Waals surface area contributed by atoms with Crippen LogP contribution in [0.25, 0.3) is 0 Å². The Kier molecular flexibility index (Phi) is 7.69. The van der Waals surface area contributed by atoms with Crippen LogP contribution in [-0.2, 0) is 0 Å². The van der Waals surface area contributed by atoms with Crippen LogP contribution in [0.2, 0.25) is 0 Å². The standard InChI is InChI=1S/C15H21Br2NO/c1-3-5-7-12(6-4-2)18-15(19)13-9-8-11(16)10-14(13)17/h8-10,12H,3-7H2,1-2H3,(H,18,19). The van der Waals surface area contributed by atoms with Crippen molar-refractivity contribution in [2.45, 2.75) is 52.0 Å². The third-order valence-corrected chi connectivity index (χ3v) is 4.20. The lowest BCUT2D eigenvalue weighted by Crippen LogP contribution is -2.34. The highest BCUT2D eigenvalue weighted by atomic mass is 79.9. The molecule has 0 aliphatic carbocycles. The Morgan fingerprint density at radius 1 is 1.21 bits per heavy atom. The Morgan fingerprint density at radius 3 is 2.53 bits per heavy atom. The van der Waals surface area contributed by atoms with E-state index >= 15 is 0 Å². The molecule has 0 bridgehead atoms. The van der Waals surface area contributed by atoms with Crippen LogP contribution >= 0.6 is 31.9 Å². The van der Waals surface area contributed by atoms with E-state index in [1.807, 2.05) is 18.2 Å². The molecule has 106 valence electrons. The topological polar surface area (TPSA) is 29.1 Å². The van der Waals surface area contributed by atoms with E-state index in [4.69, 9.17) is 0 Å². The Labute approximate surface area is 132 Å². The largest absolute Gasteiger partial charge is 0.349 e. The lowest BCUT2D eigenvalue weighted by Gasteiger charge is -2.18. The van der Waals surface area contributed by atoms with Gasteiger partial charge in [0.15, 0.2) is 0 Å². The van der Waals surface area contributed by atoms with Gasteiger partial charge < -0.3 is 5.32 Å². The van der Waals surface area contributed by atoms with Gasteiger partial charge in [-0.3, -0.25) is 4.79 Å². The van der Waals surface area contributed by atoms with Gasteiger partial charge in [-0.2, -0.15) is 0 Å². The van der Waals surface area contributed by atoms with Crippen molar-refractivity contribution in [3.05, 3.63) is 32.7 Å². The number of carbonyl (C=O) groups excluding carboxylic acids is 1. The van der Waals surface area contributed by atoms with Crippen molar-refractivity contribution >= 4 is 37.8 Å². The van der Waals surface area contributed by atoms with Crippen LogP contribution in [0.5, 0.6) is 0 Å². The molecule has 1 aromatic rings. The molecule has 0 radical (unpaired) electrons. The summed E-state index contributed by atoms with van der Waals surface area (Å²) in [7, 11) is 0. The summed E-state index contributed by atoms with van der Waals surface area (Å²) < 4.78 is 1.79. The molecule has 0 fully saturated rings. The van der Waals surface area contributed by atoms with Gasteiger partial charge in [0.25, 0.3) is 5.91 Å². The van der Waals surface area contributed by atoms with Crippen molar-refractivity contribution in [1.82, 2.24) is 5.32 Å². The Balaban J connectivity index is 2.69. The van der Waals surface area contributed by atoms with Crippen molar-refractivity contribution in [2.24, 2.45) is 0 Å². The summed E-state index contributed by atoms with van der Waals surface area (Å²) in [6.07, 6.45) is 5.52. The van der Waals surface area contributed by atoms with Crippen LogP contribution < -0.4 is 5.32 Å². The van der Waals surface area contributed by atoms with Crippen LogP contribution in [0.4, 0.5) is 0 Å². The summed E-state index contributed by atoms with van der Waals surface area (Å²) in [5, 5.41) is 3.15. The van der Waals surface area contributed by atoms with Crippen LogP contribution in [0.3, 0.4) is 0 Å². The number of benzene rings is 1. The van der Waals surface area contributed by atoms with Gasteiger partial charge in [-0.25, -0.2) is 0 Å². The summed E-state index contributed by atoms with van der Waals surface area (Å²) >= 11 is 6.83. The predicted octanol–water partition coefficient (Wildman–Crippen LogP) is 5.30. The van der Waals surface area contributed by atoms with Crippen LogP contribution in [-0.4, -0.2) is 11.9 Å². The second-order valence-electron chi connectivity index (χ2n) is 4.73. The number of hydrogen-bond donors (Lipinski definition) is 1. The third-order valence-electron chi connectivity index (χ3n) is 3.05. The molecule has 0 aliphatic rings. The lowest BCUT2D eigenvalue weighted by molar-refractivity contribution is 0.0931. The summed E-state index contributed by atoms with van der Waals surface area (Å²) in [5.41, 5.74) is 0.695. The number of unbranched alkanes of at least 4 members (excludes halogenated alkanes) is 1. The fourth-order valence-electron chi connectivity index (χ4n) is 2.02. The first-order valence-electron chi connectivity index (χ1n) is 6.84. The Morgan fingerprint density at radius 2 is 1.95 bits per heavy atom. The van der Waals surface area contributed by atoms with E-state index in [9.17, 15) is 4.79 Å². The van der Waals surface area contributed by atoms with Gasteiger partial charge in [0.2, 0.25) is 0 Å². The molecule has 0 aromatic heterocycles. The number of halogens is 2. The molecular formula is C15H21Br2NO. The van der Waals surface area contributed by atoms with Gasteiger partial charge in [-0.15, -0.1) is 0 Å². The van der Waals surface area contributed by atoms with E-state index in [2.05, 4.69) is 51.0 Å². The summed E-state index contributed by atoms with van der Waals surface area (Å²) in [6, 6.07) is 5.91. The minimum atomic E-state index is 0.00827. The molecule has 2 nitrogen and oxygen atoms in total. The maximum absolute atomic E-state index is 12.3. The number of carbonyl (C=O) groups is 1. The second-order valence-corrected chi connectivity index (χ2v) is 6.50. The molecule has 1 aromatic carbocycles. The molecule has 0 saturated carbocycles. The number of nitrogens with one attached hydrogen (secondary N) is 1. The molecule has 19 heavy (non-hydrogen) atoms. The summed E-state index contributed by atoms with van der Waals surface area (Å²) in [6.45, 7) is 4.33. The molecule has 1 amide bonds. The minimum absolute atomic E-state index is 0.00827. The number of rotatable bonds is 7. The average molecular weight is 391 g/mol. The molecule has 1 N–H and O–H groups in total. The van der Waals surface area contributed by atoms with E-state index < -0.39 is 0 Å². The van der Waals surface area contributed by atoms with Crippen molar-refractivity contribution in [2.75, 3.05) is 0 Å². The maximum atomic E-state index is 12.3. The molecule has 0 spiro atoms. The average Bonchev–Trinajstić information content (AvgIpc) is 2.36. The van der Waals surface area contributed by atoms with Gasteiger partial charge in [-0.1, -0.05) is 49.0 Å². The quantitative estimate of drug-likeness (QED) is 0.672. The van der Waals surface area contributed by atoms with Crippen molar-refractivity contribution < 1.29 is 4.79 Å². The molecule has 1 rings (SSSR count). The molecule has 1 unspecified atom stereocenters. The summed E-state index contributed by atoms with van der Waals surface area (Å²) in [5.74, 6) is 0.00827. The first-order chi connectivity index (χ1) is 9.08. The predicted molar refractivity (Wildman–Crippen MR) is 87.5 cm³/mol. The van der Waals surface area contributed by atoms with Crippen molar-refractivity contribution in [3.63, 3.8) is 0 Å². The SMILES string of the molecule is CCCCC(CCC)NC(=O)c1ccc(Br)cc1Br. The summed E-state index contributed by atoms with van der Waals surface area (Å²) in [4.78, 5) is 12.3. The van der Waals surface area contributed by atoms with Gasteiger partial charge >= 0.3 is 0 Å². The van der Waals surface area contributed by atoms with Crippen molar-refractivity contribution in [1.29, 1.82) is 0 Å². The number of amides is 1. The minimum Gasteiger partial charge on any atom is -0.349 e. The molecular weight excluding hydrogens is 370 g/mol. The van der Waals surface area contributed by atoms with E-state index in [1.54, 1.807) is 0 Å². The van der Waals surface area contributed by atoms with Crippen molar-refractivity contribution in [3.8, 4) is 0 Å². The molecule has 4 heteroatoms. The second kappa shape index (κ2) is 8.75. The maximum Gasteiger partial charge on any atom is 0.252 e.